The first-order chi connectivity index (χ1) is 11.4. The van der Waals surface area contributed by atoms with Gasteiger partial charge in [-0.25, -0.2) is 0 Å². The Morgan fingerprint density at radius 1 is 1.25 bits per heavy atom. The number of non-ortho nitro benzene ring substituents is 1. The fourth-order valence-corrected chi connectivity index (χ4v) is 2.58. The quantitative estimate of drug-likeness (QED) is 0.612. The Morgan fingerprint density at radius 3 is 2.58 bits per heavy atom. The minimum atomic E-state index is -0.562. The van der Waals surface area contributed by atoms with Crippen molar-refractivity contribution in [1.82, 2.24) is 5.32 Å². The summed E-state index contributed by atoms with van der Waals surface area (Å²) in [6, 6.07) is 10.7. The summed E-state index contributed by atoms with van der Waals surface area (Å²) < 4.78 is 5.30. The summed E-state index contributed by atoms with van der Waals surface area (Å²) in [4.78, 5) is 22.1. The number of hydrogen-bond donors (Lipinski definition) is 1. The van der Waals surface area contributed by atoms with Crippen LogP contribution in [0.3, 0.4) is 0 Å². The van der Waals surface area contributed by atoms with E-state index in [1.165, 1.54) is 18.2 Å². The largest absolute Gasteiger partial charge is 0.482 e. The molecule has 0 aromatic heterocycles. The van der Waals surface area contributed by atoms with E-state index in [4.69, 9.17) is 27.9 Å². The molecule has 1 N–H and O–H groups in total. The van der Waals surface area contributed by atoms with Crippen LogP contribution in [0.2, 0.25) is 10.0 Å². The molecular formula is C16H14Cl2N2O4. The third kappa shape index (κ3) is 4.59. The van der Waals surface area contributed by atoms with E-state index in [2.05, 4.69) is 5.32 Å². The molecule has 1 atom stereocenters. The van der Waals surface area contributed by atoms with Crippen LogP contribution in [-0.4, -0.2) is 17.4 Å². The molecule has 24 heavy (non-hydrogen) atoms. The van der Waals surface area contributed by atoms with Crippen LogP contribution in [0.5, 0.6) is 5.75 Å². The number of halogens is 2. The number of amides is 1. The monoisotopic (exact) mass is 368 g/mol. The van der Waals surface area contributed by atoms with E-state index in [1.807, 2.05) is 12.1 Å². The lowest BCUT2D eigenvalue weighted by molar-refractivity contribution is -0.384. The zero-order valence-electron chi connectivity index (χ0n) is 12.7. The summed E-state index contributed by atoms with van der Waals surface area (Å²) >= 11 is 12.0. The highest BCUT2D eigenvalue weighted by molar-refractivity contribution is 6.32. The van der Waals surface area contributed by atoms with Crippen molar-refractivity contribution in [3.63, 3.8) is 0 Å². The number of rotatable bonds is 6. The maximum Gasteiger partial charge on any atom is 0.271 e. The Hall–Kier alpha value is -2.31. The summed E-state index contributed by atoms with van der Waals surface area (Å²) in [6.45, 7) is 1.53. The van der Waals surface area contributed by atoms with Crippen molar-refractivity contribution in [2.45, 2.75) is 13.0 Å². The second kappa shape index (κ2) is 7.99. The van der Waals surface area contributed by atoms with Crippen molar-refractivity contribution in [1.29, 1.82) is 0 Å². The molecule has 0 spiro atoms. The molecule has 0 aliphatic heterocycles. The number of benzene rings is 2. The fraction of sp³-hybridized carbons (Fsp3) is 0.188. The van der Waals surface area contributed by atoms with Crippen molar-refractivity contribution < 1.29 is 14.5 Å². The van der Waals surface area contributed by atoms with Gasteiger partial charge in [0.25, 0.3) is 11.6 Å². The van der Waals surface area contributed by atoms with Gasteiger partial charge in [0, 0.05) is 17.2 Å². The van der Waals surface area contributed by atoms with Gasteiger partial charge in [-0.2, -0.15) is 0 Å². The Kier molecular flexibility index (Phi) is 6.00. The number of carbonyl (C=O) groups excluding carboxylic acids is 1. The number of nitro groups is 1. The Morgan fingerprint density at radius 2 is 1.96 bits per heavy atom. The van der Waals surface area contributed by atoms with E-state index in [0.717, 1.165) is 5.56 Å². The van der Waals surface area contributed by atoms with Crippen LogP contribution in [0.4, 0.5) is 5.69 Å². The summed E-state index contributed by atoms with van der Waals surface area (Å²) in [5.41, 5.74) is 0.644. The Balaban J connectivity index is 1.94. The second-order valence-electron chi connectivity index (χ2n) is 4.97. The summed E-state index contributed by atoms with van der Waals surface area (Å²) in [7, 11) is 0. The second-order valence-corrected chi connectivity index (χ2v) is 5.79. The van der Waals surface area contributed by atoms with Gasteiger partial charge in [-0.15, -0.1) is 0 Å². The summed E-state index contributed by atoms with van der Waals surface area (Å²) in [5.74, 6) is -0.167. The number of hydrogen-bond acceptors (Lipinski definition) is 4. The van der Waals surface area contributed by atoms with Crippen molar-refractivity contribution in [2.24, 2.45) is 0 Å². The highest BCUT2D eigenvalue weighted by Crippen LogP contribution is 2.28. The van der Waals surface area contributed by atoms with E-state index in [1.54, 1.807) is 19.1 Å². The number of nitrogens with zero attached hydrogens (tertiary/aromatic N) is 1. The molecule has 2 rings (SSSR count). The maximum absolute atomic E-state index is 12.0. The number of carbonyl (C=O) groups is 1. The molecule has 6 nitrogen and oxygen atoms in total. The first kappa shape index (κ1) is 18.0. The molecule has 0 bridgehead atoms. The van der Waals surface area contributed by atoms with Crippen molar-refractivity contribution in [2.75, 3.05) is 6.61 Å². The van der Waals surface area contributed by atoms with Gasteiger partial charge in [-0.05, 0) is 24.6 Å². The lowest BCUT2D eigenvalue weighted by Crippen LogP contribution is -2.31. The van der Waals surface area contributed by atoms with Gasteiger partial charge in [0.15, 0.2) is 6.61 Å². The molecule has 8 heteroatoms. The van der Waals surface area contributed by atoms with Gasteiger partial charge in [-0.1, -0.05) is 41.4 Å². The molecule has 2 aromatic carbocycles. The third-order valence-corrected chi connectivity index (χ3v) is 3.87. The zero-order valence-corrected chi connectivity index (χ0v) is 14.2. The molecule has 0 aliphatic carbocycles. The van der Waals surface area contributed by atoms with Crippen LogP contribution in [0.15, 0.2) is 42.5 Å². The normalized spacial score (nSPS) is 11.6. The lowest BCUT2D eigenvalue weighted by Gasteiger charge is -2.16. The van der Waals surface area contributed by atoms with E-state index in [-0.39, 0.29) is 35.0 Å². The highest BCUT2D eigenvalue weighted by Gasteiger charge is 2.14. The van der Waals surface area contributed by atoms with E-state index in [0.29, 0.717) is 5.02 Å². The third-order valence-electron chi connectivity index (χ3n) is 3.23. The van der Waals surface area contributed by atoms with Crippen LogP contribution < -0.4 is 10.1 Å². The van der Waals surface area contributed by atoms with E-state index >= 15 is 0 Å². The smallest absolute Gasteiger partial charge is 0.271 e. The van der Waals surface area contributed by atoms with Crippen LogP contribution in [-0.2, 0) is 4.79 Å². The molecule has 0 radical (unpaired) electrons. The van der Waals surface area contributed by atoms with Gasteiger partial charge in [0.2, 0.25) is 0 Å². The standard InChI is InChI=1S/C16H14Cl2N2O4/c1-10(12-4-2-3-5-13(12)17)19-16(21)9-24-15-7-6-11(20(22)23)8-14(15)18/h2-8,10H,9H2,1H3,(H,19,21)/t10-/m0/s1. The molecular weight excluding hydrogens is 355 g/mol. The maximum atomic E-state index is 12.0. The summed E-state index contributed by atoms with van der Waals surface area (Å²) in [5, 5.41) is 14.0. The fourth-order valence-electron chi connectivity index (χ4n) is 2.05. The zero-order chi connectivity index (χ0) is 17.7. The minimum absolute atomic E-state index is 0.0659. The average Bonchev–Trinajstić information content (AvgIpc) is 2.53. The molecule has 0 fully saturated rings. The van der Waals surface area contributed by atoms with Gasteiger partial charge < -0.3 is 10.1 Å². The van der Waals surface area contributed by atoms with Gasteiger partial charge in [0.1, 0.15) is 5.75 Å². The van der Waals surface area contributed by atoms with Crippen LogP contribution in [0.1, 0.15) is 18.5 Å². The number of ether oxygens (including phenoxy) is 1. The summed E-state index contributed by atoms with van der Waals surface area (Å²) in [6.07, 6.45) is 0. The molecule has 2 aromatic rings. The molecule has 126 valence electrons. The predicted octanol–water partition coefficient (Wildman–Crippen LogP) is 4.16. The van der Waals surface area contributed by atoms with Crippen LogP contribution in [0, 0.1) is 10.1 Å². The SMILES string of the molecule is C[C@H](NC(=O)COc1ccc([N+](=O)[O-])cc1Cl)c1ccccc1Cl. The Bertz CT molecular complexity index is 767. The lowest BCUT2D eigenvalue weighted by atomic mass is 10.1. The molecule has 0 unspecified atom stereocenters. The highest BCUT2D eigenvalue weighted by atomic mass is 35.5. The Labute approximate surface area is 148 Å². The van der Waals surface area contributed by atoms with Crippen molar-refractivity contribution in [3.8, 4) is 5.75 Å². The van der Waals surface area contributed by atoms with Crippen molar-refractivity contribution >= 4 is 34.8 Å². The van der Waals surface area contributed by atoms with Crippen molar-refractivity contribution in [3.05, 3.63) is 68.2 Å². The number of nitro benzene ring substituents is 1. The topological polar surface area (TPSA) is 81.5 Å². The molecule has 0 saturated carbocycles. The average molecular weight is 369 g/mol. The molecule has 0 heterocycles. The van der Waals surface area contributed by atoms with Crippen LogP contribution in [0.25, 0.3) is 0 Å². The first-order valence-corrected chi connectivity index (χ1v) is 7.74. The van der Waals surface area contributed by atoms with Gasteiger partial charge >= 0.3 is 0 Å². The minimum Gasteiger partial charge on any atom is -0.482 e. The number of nitrogens with one attached hydrogen (secondary N) is 1. The van der Waals surface area contributed by atoms with Crippen LogP contribution >= 0.6 is 23.2 Å². The predicted molar refractivity (Wildman–Crippen MR) is 91.6 cm³/mol. The molecule has 0 aliphatic rings. The molecule has 0 saturated heterocycles. The van der Waals surface area contributed by atoms with Gasteiger partial charge in [0.05, 0.1) is 16.0 Å². The van der Waals surface area contributed by atoms with Gasteiger partial charge in [-0.3, -0.25) is 14.9 Å². The molecule has 1 amide bonds. The van der Waals surface area contributed by atoms with E-state index in [9.17, 15) is 14.9 Å². The van der Waals surface area contributed by atoms with E-state index < -0.39 is 4.92 Å². The first-order valence-electron chi connectivity index (χ1n) is 6.99.